The standard InChI is InChI=1S/C9H15Cl2NO/c1-13-9-2-4-12(5-3-9)7-8(11)6-10/h6,9H,2-5,7H2,1H3/b8-6-. The van der Waals surface area contributed by atoms with Gasteiger partial charge in [0.15, 0.2) is 0 Å². The highest BCUT2D eigenvalue weighted by atomic mass is 35.5. The molecule has 0 aromatic carbocycles. The first kappa shape index (κ1) is 11.3. The molecule has 1 fully saturated rings. The van der Waals surface area contributed by atoms with Crippen LogP contribution in [-0.2, 0) is 4.74 Å². The van der Waals surface area contributed by atoms with E-state index >= 15 is 0 Å². The Balaban J connectivity index is 2.25. The van der Waals surface area contributed by atoms with Crippen molar-refractivity contribution in [3.05, 3.63) is 10.6 Å². The van der Waals surface area contributed by atoms with Crippen molar-refractivity contribution in [1.29, 1.82) is 0 Å². The first-order valence-corrected chi connectivity index (χ1v) is 5.27. The van der Waals surface area contributed by atoms with Gasteiger partial charge in [-0.3, -0.25) is 4.90 Å². The molecule has 13 heavy (non-hydrogen) atoms. The molecule has 0 spiro atoms. The van der Waals surface area contributed by atoms with Crippen LogP contribution in [-0.4, -0.2) is 37.7 Å². The van der Waals surface area contributed by atoms with Crippen molar-refractivity contribution in [3.8, 4) is 0 Å². The van der Waals surface area contributed by atoms with Gasteiger partial charge in [0.05, 0.1) is 6.10 Å². The summed E-state index contributed by atoms with van der Waals surface area (Å²) in [4.78, 5) is 2.29. The Kier molecular flexibility index (Phi) is 5.10. The van der Waals surface area contributed by atoms with E-state index in [-0.39, 0.29) is 0 Å². The first-order chi connectivity index (χ1) is 6.26. The lowest BCUT2D eigenvalue weighted by Gasteiger charge is -2.30. The largest absolute Gasteiger partial charge is 0.381 e. The van der Waals surface area contributed by atoms with Crippen molar-refractivity contribution in [1.82, 2.24) is 4.90 Å². The summed E-state index contributed by atoms with van der Waals surface area (Å²) < 4.78 is 5.27. The summed E-state index contributed by atoms with van der Waals surface area (Å²) in [5.41, 5.74) is 1.43. The fourth-order valence-corrected chi connectivity index (χ4v) is 1.79. The van der Waals surface area contributed by atoms with Gasteiger partial charge in [0.25, 0.3) is 0 Å². The molecule has 0 atom stereocenters. The van der Waals surface area contributed by atoms with E-state index in [4.69, 9.17) is 27.9 Å². The van der Waals surface area contributed by atoms with E-state index < -0.39 is 0 Å². The van der Waals surface area contributed by atoms with Crippen LogP contribution in [0, 0.1) is 0 Å². The summed E-state index contributed by atoms with van der Waals surface area (Å²) >= 11 is 11.3. The van der Waals surface area contributed by atoms with Gasteiger partial charge in [-0.05, 0) is 12.8 Å². The third-order valence-electron chi connectivity index (χ3n) is 2.36. The fraction of sp³-hybridized carbons (Fsp3) is 0.778. The highest BCUT2D eigenvalue weighted by molar-refractivity contribution is 6.36. The molecule has 1 rings (SSSR count). The Hall–Kier alpha value is 0.240. The van der Waals surface area contributed by atoms with Crippen LogP contribution in [0.4, 0.5) is 0 Å². The highest BCUT2D eigenvalue weighted by Gasteiger charge is 2.18. The van der Waals surface area contributed by atoms with Gasteiger partial charge in [0.1, 0.15) is 0 Å². The van der Waals surface area contributed by atoms with Crippen LogP contribution in [0.2, 0.25) is 0 Å². The lowest BCUT2D eigenvalue weighted by Crippen LogP contribution is -2.37. The average Bonchev–Trinajstić information content (AvgIpc) is 2.19. The Labute approximate surface area is 89.4 Å². The molecular weight excluding hydrogens is 209 g/mol. The fourth-order valence-electron chi connectivity index (χ4n) is 1.55. The molecule has 4 heteroatoms. The molecule has 0 aromatic heterocycles. The average molecular weight is 224 g/mol. The van der Waals surface area contributed by atoms with Gasteiger partial charge in [0, 0.05) is 37.3 Å². The number of hydrogen-bond donors (Lipinski definition) is 0. The minimum atomic E-state index is 0.426. The van der Waals surface area contributed by atoms with Crippen molar-refractivity contribution in [2.45, 2.75) is 18.9 Å². The topological polar surface area (TPSA) is 12.5 Å². The smallest absolute Gasteiger partial charge is 0.0595 e. The molecule has 1 heterocycles. The van der Waals surface area contributed by atoms with Crippen LogP contribution >= 0.6 is 23.2 Å². The molecule has 0 amide bonds. The molecule has 0 radical (unpaired) electrons. The zero-order valence-electron chi connectivity index (χ0n) is 7.80. The molecule has 0 saturated carbocycles. The third kappa shape index (κ3) is 3.86. The summed E-state index contributed by atoms with van der Waals surface area (Å²) in [6, 6.07) is 0. The summed E-state index contributed by atoms with van der Waals surface area (Å²) in [5, 5.41) is 0.706. The number of likely N-dealkylation sites (tertiary alicyclic amines) is 1. The van der Waals surface area contributed by atoms with Crippen molar-refractivity contribution in [3.63, 3.8) is 0 Å². The van der Waals surface area contributed by atoms with Crippen LogP contribution < -0.4 is 0 Å². The molecule has 0 aromatic rings. The first-order valence-electron chi connectivity index (χ1n) is 4.46. The predicted octanol–water partition coefficient (Wildman–Crippen LogP) is 2.42. The molecule has 76 valence electrons. The Morgan fingerprint density at radius 2 is 2.15 bits per heavy atom. The van der Waals surface area contributed by atoms with Gasteiger partial charge in [-0.1, -0.05) is 23.2 Å². The van der Waals surface area contributed by atoms with Crippen molar-refractivity contribution < 1.29 is 4.74 Å². The number of rotatable bonds is 3. The number of piperidine rings is 1. The molecule has 1 saturated heterocycles. The van der Waals surface area contributed by atoms with E-state index in [0.29, 0.717) is 11.1 Å². The predicted molar refractivity (Wildman–Crippen MR) is 56.3 cm³/mol. The van der Waals surface area contributed by atoms with E-state index in [1.54, 1.807) is 7.11 Å². The van der Waals surface area contributed by atoms with Gasteiger partial charge in [0.2, 0.25) is 0 Å². The van der Waals surface area contributed by atoms with Gasteiger partial charge in [-0.2, -0.15) is 0 Å². The number of nitrogens with zero attached hydrogens (tertiary/aromatic N) is 1. The van der Waals surface area contributed by atoms with Crippen LogP contribution in [0.15, 0.2) is 10.6 Å². The lowest BCUT2D eigenvalue weighted by atomic mass is 10.1. The normalized spacial score (nSPS) is 22.2. The second-order valence-corrected chi connectivity index (χ2v) is 3.97. The maximum Gasteiger partial charge on any atom is 0.0595 e. The van der Waals surface area contributed by atoms with Crippen molar-refractivity contribution in [2.24, 2.45) is 0 Å². The Bertz CT molecular complexity index is 176. The van der Waals surface area contributed by atoms with Gasteiger partial charge < -0.3 is 4.74 Å². The number of halogens is 2. The molecule has 0 bridgehead atoms. The number of ether oxygens (including phenoxy) is 1. The summed E-state index contributed by atoms with van der Waals surface area (Å²) in [5.74, 6) is 0. The summed E-state index contributed by atoms with van der Waals surface area (Å²) in [6.45, 7) is 2.85. The van der Waals surface area contributed by atoms with Crippen LogP contribution in [0.5, 0.6) is 0 Å². The molecular formula is C9H15Cl2NO. The van der Waals surface area contributed by atoms with Gasteiger partial charge in [-0.15, -0.1) is 0 Å². The van der Waals surface area contributed by atoms with E-state index in [1.807, 2.05) is 0 Å². The Morgan fingerprint density at radius 3 is 2.62 bits per heavy atom. The zero-order chi connectivity index (χ0) is 9.68. The zero-order valence-corrected chi connectivity index (χ0v) is 9.31. The van der Waals surface area contributed by atoms with Crippen molar-refractivity contribution >= 4 is 23.2 Å². The number of methoxy groups -OCH3 is 1. The highest BCUT2D eigenvalue weighted by Crippen LogP contribution is 2.15. The van der Waals surface area contributed by atoms with Gasteiger partial charge >= 0.3 is 0 Å². The molecule has 2 nitrogen and oxygen atoms in total. The van der Waals surface area contributed by atoms with E-state index in [9.17, 15) is 0 Å². The second-order valence-electron chi connectivity index (χ2n) is 3.27. The van der Waals surface area contributed by atoms with Crippen LogP contribution in [0.25, 0.3) is 0 Å². The lowest BCUT2D eigenvalue weighted by molar-refractivity contribution is 0.0442. The molecule has 1 aliphatic rings. The minimum Gasteiger partial charge on any atom is -0.381 e. The van der Waals surface area contributed by atoms with Gasteiger partial charge in [-0.25, -0.2) is 0 Å². The monoisotopic (exact) mass is 223 g/mol. The van der Waals surface area contributed by atoms with Crippen LogP contribution in [0.1, 0.15) is 12.8 Å². The van der Waals surface area contributed by atoms with Crippen LogP contribution in [0.3, 0.4) is 0 Å². The maximum atomic E-state index is 5.83. The maximum absolute atomic E-state index is 5.83. The quantitative estimate of drug-likeness (QED) is 0.729. The van der Waals surface area contributed by atoms with Crippen molar-refractivity contribution in [2.75, 3.05) is 26.7 Å². The third-order valence-corrected chi connectivity index (χ3v) is 2.96. The Morgan fingerprint density at radius 1 is 1.54 bits per heavy atom. The second kappa shape index (κ2) is 5.86. The summed E-state index contributed by atoms with van der Waals surface area (Å²) in [7, 11) is 1.77. The van der Waals surface area contributed by atoms with E-state index in [0.717, 1.165) is 32.5 Å². The molecule has 0 unspecified atom stereocenters. The van der Waals surface area contributed by atoms with E-state index in [2.05, 4.69) is 4.90 Å². The molecule has 0 N–H and O–H groups in total. The molecule has 0 aliphatic carbocycles. The molecule has 1 aliphatic heterocycles. The number of hydrogen-bond acceptors (Lipinski definition) is 2. The minimum absolute atomic E-state index is 0.426. The summed E-state index contributed by atoms with van der Waals surface area (Å²) in [6.07, 6.45) is 2.60. The SMILES string of the molecule is COC1CCN(C/C(Cl)=C/Cl)CC1. The van der Waals surface area contributed by atoms with E-state index in [1.165, 1.54) is 5.54 Å².